The lowest BCUT2D eigenvalue weighted by atomic mass is 10.2. The summed E-state index contributed by atoms with van der Waals surface area (Å²) >= 11 is 0. The molecule has 0 radical (unpaired) electrons. The molecule has 7 nitrogen and oxygen atoms in total. The molecule has 0 saturated carbocycles. The van der Waals surface area contributed by atoms with Crippen LogP contribution in [-0.2, 0) is 14.1 Å². The summed E-state index contributed by atoms with van der Waals surface area (Å²) in [5, 5.41) is 6.78. The van der Waals surface area contributed by atoms with Gasteiger partial charge in [-0.1, -0.05) is 6.92 Å². The number of nitrogens with two attached hydrogens (primary N) is 1. The molecular weight excluding hydrogens is 222 g/mol. The molecule has 3 N–H and O–H groups in total. The van der Waals surface area contributed by atoms with E-state index in [-0.39, 0.29) is 11.9 Å². The van der Waals surface area contributed by atoms with Gasteiger partial charge < -0.3 is 11.1 Å². The minimum absolute atomic E-state index is 0.110. The first-order valence-corrected chi connectivity index (χ1v) is 5.61. The van der Waals surface area contributed by atoms with Gasteiger partial charge in [-0.2, -0.15) is 0 Å². The second kappa shape index (κ2) is 5.62. The normalized spacial score (nSPS) is 12.5. The van der Waals surface area contributed by atoms with Crippen LogP contribution in [0, 0.1) is 0 Å². The van der Waals surface area contributed by atoms with Crippen molar-refractivity contribution in [2.24, 2.45) is 19.8 Å². The van der Waals surface area contributed by atoms with Gasteiger partial charge in [0.2, 0.25) is 5.82 Å². The Hall–Kier alpha value is -1.63. The lowest BCUT2D eigenvalue weighted by molar-refractivity contribution is 0.592. The average molecular weight is 241 g/mol. The van der Waals surface area contributed by atoms with E-state index in [9.17, 15) is 9.59 Å². The summed E-state index contributed by atoms with van der Waals surface area (Å²) in [7, 11) is 2.93. The van der Waals surface area contributed by atoms with Crippen molar-refractivity contribution in [2.45, 2.75) is 25.8 Å². The molecule has 1 unspecified atom stereocenters. The van der Waals surface area contributed by atoms with E-state index in [2.05, 4.69) is 10.4 Å². The molecule has 0 bridgehead atoms. The number of rotatable bonds is 5. The smallest absolute Gasteiger partial charge is 0.346 e. The van der Waals surface area contributed by atoms with E-state index >= 15 is 0 Å². The summed E-state index contributed by atoms with van der Waals surface area (Å²) in [6.07, 6.45) is 1.64. The average Bonchev–Trinajstić information content (AvgIpc) is 2.32. The number of aryl methyl sites for hydroxylation is 1. The third kappa shape index (κ3) is 3.16. The molecule has 0 aromatic carbocycles. The quantitative estimate of drug-likeness (QED) is 0.690. The Morgan fingerprint density at radius 3 is 2.65 bits per heavy atom. The number of hydrogen-bond acceptors (Lipinski definition) is 5. The fourth-order valence-electron chi connectivity index (χ4n) is 1.39. The first-order chi connectivity index (χ1) is 7.97. The van der Waals surface area contributed by atoms with E-state index in [1.807, 2.05) is 6.92 Å². The minimum Gasteiger partial charge on any atom is -0.364 e. The van der Waals surface area contributed by atoms with Crippen molar-refractivity contribution in [1.29, 1.82) is 0 Å². The molecule has 1 rings (SSSR count). The van der Waals surface area contributed by atoms with Gasteiger partial charge in [-0.15, -0.1) is 5.10 Å². The zero-order chi connectivity index (χ0) is 13.0. The van der Waals surface area contributed by atoms with Crippen molar-refractivity contribution < 1.29 is 0 Å². The number of nitrogens with one attached hydrogen (secondary N) is 1. The molecule has 1 heterocycles. The number of hydrogen-bond donors (Lipinski definition) is 2. The summed E-state index contributed by atoms with van der Waals surface area (Å²) < 4.78 is 2.15. The van der Waals surface area contributed by atoms with Gasteiger partial charge in [0.15, 0.2) is 0 Å². The molecule has 0 aliphatic carbocycles. The Kier molecular flexibility index (Phi) is 4.45. The zero-order valence-corrected chi connectivity index (χ0v) is 10.4. The first-order valence-electron chi connectivity index (χ1n) is 5.61. The van der Waals surface area contributed by atoms with Crippen LogP contribution in [0.25, 0.3) is 0 Å². The highest BCUT2D eigenvalue weighted by atomic mass is 16.2. The Morgan fingerprint density at radius 2 is 2.06 bits per heavy atom. The van der Waals surface area contributed by atoms with Crippen molar-refractivity contribution >= 4 is 5.82 Å². The van der Waals surface area contributed by atoms with Gasteiger partial charge >= 0.3 is 5.69 Å². The highest BCUT2D eigenvalue weighted by Crippen LogP contribution is 1.95. The van der Waals surface area contributed by atoms with Gasteiger partial charge in [0.25, 0.3) is 5.56 Å². The van der Waals surface area contributed by atoms with Crippen LogP contribution in [0.2, 0.25) is 0 Å². The van der Waals surface area contributed by atoms with Crippen molar-refractivity contribution in [2.75, 3.05) is 11.9 Å². The SMILES string of the molecule is CCC(N)CCNc1nn(C)c(=O)n(C)c1=O. The van der Waals surface area contributed by atoms with Crippen molar-refractivity contribution in [3.05, 3.63) is 20.8 Å². The maximum Gasteiger partial charge on any atom is 0.346 e. The number of aromatic nitrogens is 3. The molecule has 0 saturated heterocycles. The van der Waals surface area contributed by atoms with Crippen LogP contribution >= 0.6 is 0 Å². The standard InChI is InChI=1S/C10H19N5O2/c1-4-7(11)5-6-12-8-9(16)14(2)10(17)15(3)13-8/h7H,4-6,11H2,1-3H3,(H,12,13). The summed E-state index contributed by atoms with van der Waals surface area (Å²) in [5.41, 5.74) is 4.90. The molecule has 0 amide bonds. The summed E-state index contributed by atoms with van der Waals surface area (Å²) in [5.74, 6) is 0.179. The van der Waals surface area contributed by atoms with E-state index in [0.717, 1.165) is 22.1 Å². The van der Waals surface area contributed by atoms with Crippen LogP contribution in [0.15, 0.2) is 9.59 Å². The Labute approximate surface area is 99.2 Å². The lowest BCUT2D eigenvalue weighted by Crippen LogP contribution is -2.40. The summed E-state index contributed by atoms with van der Waals surface area (Å²) in [6, 6.07) is 0.110. The molecule has 17 heavy (non-hydrogen) atoms. The molecular formula is C10H19N5O2. The monoisotopic (exact) mass is 241 g/mol. The highest BCUT2D eigenvalue weighted by Gasteiger charge is 2.08. The fraction of sp³-hybridized carbons (Fsp3) is 0.700. The van der Waals surface area contributed by atoms with Crippen LogP contribution in [0.4, 0.5) is 5.82 Å². The Bertz CT molecular complexity index is 490. The van der Waals surface area contributed by atoms with E-state index in [1.54, 1.807) is 0 Å². The molecule has 0 aliphatic rings. The Balaban J connectivity index is 2.80. The maximum atomic E-state index is 11.7. The van der Waals surface area contributed by atoms with Gasteiger partial charge in [0.05, 0.1) is 0 Å². The Morgan fingerprint density at radius 1 is 1.41 bits per heavy atom. The second-order valence-electron chi connectivity index (χ2n) is 4.00. The topological polar surface area (TPSA) is 94.9 Å². The van der Waals surface area contributed by atoms with Crippen LogP contribution in [-0.4, -0.2) is 26.9 Å². The van der Waals surface area contributed by atoms with Crippen molar-refractivity contribution in [3.63, 3.8) is 0 Å². The van der Waals surface area contributed by atoms with E-state index in [0.29, 0.717) is 6.54 Å². The van der Waals surface area contributed by atoms with Crippen LogP contribution in [0.5, 0.6) is 0 Å². The minimum atomic E-state index is -0.439. The largest absolute Gasteiger partial charge is 0.364 e. The van der Waals surface area contributed by atoms with Gasteiger partial charge in [-0.05, 0) is 12.8 Å². The molecule has 0 fully saturated rings. The predicted octanol–water partition coefficient (Wildman–Crippen LogP) is -0.982. The van der Waals surface area contributed by atoms with Gasteiger partial charge in [-0.25, -0.2) is 9.48 Å². The number of nitrogens with zero attached hydrogens (tertiary/aromatic N) is 3. The van der Waals surface area contributed by atoms with Crippen LogP contribution < -0.4 is 22.3 Å². The van der Waals surface area contributed by atoms with Crippen molar-refractivity contribution in [1.82, 2.24) is 14.3 Å². The summed E-state index contributed by atoms with van der Waals surface area (Å²) in [4.78, 5) is 23.1. The van der Waals surface area contributed by atoms with Gasteiger partial charge in [0, 0.05) is 26.7 Å². The van der Waals surface area contributed by atoms with Crippen LogP contribution in [0.1, 0.15) is 19.8 Å². The van der Waals surface area contributed by atoms with E-state index < -0.39 is 11.2 Å². The van der Waals surface area contributed by atoms with Gasteiger partial charge in [0.1, 0.15) is 0 Å². The molecule has 1 atom stereocenters. The zero-order valence-electron chi connectivity index (χ0n) is 10.4. The maximum absolute atomic E-state index is 11.7. The highest BCUT2D eigenvalue weighted by molar-refractivity contribution is 5.29. The van der Waals surface area contributed by atoms with E-state index in [1.165, 1.54) is 14.1 Å². The molecule has 0 aliphatic heterocycles. The summed E-state index contributed by atoms with van der Waals surface area (Å²) in [6.45, 7) is 2.57. The predicted molar refractivity (Wildman–Crippen MR) is 66.1 cm³/mol. The number of anilines is 1. The van der Waals surface area contributed by atoms with Crippen LogP contribution in [0.3, 0.4) is 0 Å². The third-order valence-electron chi connectivity index (χ3n) is 2.65. The molecule has 7 heteroatoms. The molecule has 0 spiro atoms. The molecule has 1 aromatic rings. The second-order valence-corrected chi connectivity index (χ2v) is 4.00. The first kappa shape index (κ1) is 13.4. The fourth-order valence-corrected chi connectivity index (χ4v) is 1.39. The molecule has 1 aromatic heterocycles. The molecule has 96 valence electrons. The lowest BCUT2D eigenvalue weighted by Gasteiger charge is -2.10. The van der Waals surface area contributed by atoms with Crippen molar-refractivity contribution in [3.8, 4) is 0 Å². The van der Waals surface area contributed by atoms with Gasteiger partial charge in [-0.3, -0.25) is 9.36 Å². The van der Waals surface area contributed by atoms with E-state index in [4.69, 9.17) is 5.73 Å². The third-order valence-corrected chi connectivity index (χ3v) is 2.65.